The topological polar surface area (TPSA) is 89.7 Å². The van der Waals surface area contributed by atoms with Gasteiger partial charge >= 0.3 is 11.7 Å². The van der Waals surface area contributed by atoms with Gasteiger partial charge in [0.25, 0.3) is 0 Å². The number of carboxylic acids is 1. The van der Waals surface area contributed by atoms with E-state index in [0.29, 0.717) is 6.42 Å². The summed E-state index contributed by atoms with van der Waals surface area (Å²) < 4.78 is 5.03. The molecule has 0 unspecified atom stereocenters. The quantitative estimate of drug-likeness (QED) is 0.627. The Morgan fingerprint density at radius 1 is 1.59 bits per heavy atom. The summed E-state index contributed by atoms with van der Waals surface area (Å²) >= 11 is 0. The highest BCUT2D eigenvalue weighted by molar-refractivity contribution is 5.72. The zero-order chi connectivity index (χ0) is 13.0. The monoisotopic (exact) mass is 239 g/mol. The fraction of sp³-hybridized carbons (Fsp3) is 0.364. The molecule has 0 amide bonds. The molecule has 6 nitrogen and oxygen atoms in total. The van der Waals surface area contributed by atoms with Crippen LogP contribution < -0.4 is 4.74 Å². The summed E-state index contributed by atoms with van der Waals surface area (Å²) in [4.78, 5) is 20.9. The molecular weight excluding hydrogens is 226 g/mol. The Labute approximate surface area is 98.0 Å². The smallest absolute Gasteiger partial charge is 0.344 e. The van der Waals surface area contributed by atoms with Gasteiger partial charge in [-0.3, -0.25) is 10.1 Å². The lowest BCUT2D eigenvalue weighted by Crippen LogP contribution is -2.23. The lowest BCUT2D eigenvalue weighted by molar-refractivity contribution is -0.386. The highest BCUT2D eigenvalue weighted by Crippen LogP contribution is 2.29. The number of ether oxygens (including phenoxy) is 1. The van der Waals surface area contributed by atoms with Crippen LogP contribution in [0.15, 0.2) is 18.2 Å². The zero-order valence-electron chi connectivity index (χ0n) is 9.54. The van der Waals surface area contributed by atoms with Crippen LogP contribution in [0.1, 0.15) is 19.4 Å². The molecule has 0 heterocycles. The van der Waals surface area contributed by atoms with Gasteiger partial charge in [-0.1, -0.05) is 13.0 Å². The largest absolute Gasteiger partial charge is 0.479 e. The molecule has 92 valence electrons. The van der Waals surface area contributed by atoms with Gasteiger partial charge in [0, 0.05) is 6.07 Å². The molecule has 0 radical (unpaired) electrons. The van der Waals surface area contributed by atoms with Crippen LogP contribution in [0.3, 0.4) is 0 Å². The summed E-state index contributed by atoms with van der Waals surface area (Å²) in [5, 5.41) is 19.5. The zero-order valence-corrected chi connectivity index (χ0v) is 9.54. The van der Waals surface area contributed by atoms with E-state index in [2.05, 4.69) is 0 Å². The van der Waals surface area contributed by atoms with Crippen molar-refractivity contribution >= 4 is 11.7 Å². The first-order valence-corrected chi connectivity index (χ1v) is 5.12. The van der Waals surface area contributed by atoms with Crippen LogP contribution >= 0.6 is 0 Å². The molecule has 0 saturated heterocycles. The highest BCUT2D eigenvalue weighted by Gasteiger charge is 2.20. The average Bonchev–Trinajstić information content (AvgIpc) is 2.29. The highest BCUT2D eigenvalue weighted by atomic mass is 16.6. The van der Waals surface area contributed by atoms with Crippen LogP contribution in [0.2, 0.25) is 0 Å². The van der Waals surface area contributed by atoms with E-state index in [0.717, 1.165) is 5.56 Å². The maximum absolute atomic E-state index is 10.8. The van der Waals surface area contributed by atoms with E-state index < -0.39 is 17.0 Å². The summed E-state index contributed by atoms with van der Waals surface area (Å²) in [5.41, 5.74) is 0.587. The SMILES string of the molecule is CCc1ccc(O[C@H](C)C(=O)O)c([N+](=O)[O-])c1. The van der Waals surface area contributed by atoms with E-state index in [-0.39, 0.29) is 11.4 Å². The van der Waals surface area contributed by atoms with E-state index >= 15 is 0 Å². The van der Waals surface area contributed by atoms with Crippen molar-refractivity contribution in [2.45, 2.75) is 26.4 Å². The van der Waals surface area contributed by atoms with Crippen LogP contribution in [0, 0.1) is 10.1 Å². The number of aryl methyl sites for hydroxylation is 1. The fourth-order valence-corrected chi connectivity index (χ4v) is 1.27. The van der Waals surface area contributed by atoms with Gasteiger partial charge < -0.3 is 9.84 Å². The standard InChI is InChI=1S/C11H13NO5/c1-3-8-4-5-10(9(6-8)12(15)16)17-7(2)11(13)14/h4-7H,3H2,1-2H3,(H,13,14)/t7-/m1/s1. The molecule has 0 aliphatic carbocycles. The van der Waals surface area contributed by atoms with Crippen molar-refractivity contribution in [3.8, 4) is 5.75 Å². The van der Waals surface area contributed by atoms with Crippen molar-refractivity contribution in [1.82, 2.24) is 0 Å². The van der Waals surface area contributed by atoms with Crippen molar-refractivity contribution in [3.05, 3.63) is 33.9 Å². The Kier molecular flexibility index (Phi) is 4.03. The van der Waals surface area contributed by atoms with Gasteiger partial charge in [-0.05, 0) is 25.0 Å². The third-order valence-electron chi connectivity index (χ3n) is 2.28. The van der Waals surface area contributed by atoms with E-state index in [1.807, 2.05) is 6.92 Å². The second kappa shape index (κ2) is 5.29. The molecule has 0 bridgehead atoms. The molecule has 0 spiro atoms. The fourth-order valence-electron chi connectivity index (χ4n) is 1.27. The second-order valence-electron chi connectivity index (χ2n) is 3.51. The van der Waals surface area contributed by atoms with Crippen LogP contribution in [-0.2, 0) is 11.2 Å². The number of hydrogen-bond donors (Lipinski definition) is 1. The molecule has 17 heavy (non-hydrogen) atoms. The third-order valence-corrected chi connectivity index (χ3v) is 2.28. The minimum Gasteiger partial charge on any atom is -0.479 e. The van der Waals surface area contributed by atoms with Crippen molar-refractivity contribution < 1.29 is 19.6 Å². The number of aliphatic carboxylic acids is 1. The Morgan fingerprint density at radius 3 is 2.71 bits per heavy atom. The van der Waals surface area contributed by atoms with E-state index in [4.69, 9.17) is 9.84 Å². The molecule has 1 aromatic carbocycles. The Hall–Kier alpha value is -2.11. The first kappa shape index (κ1) is 13.0. The van der Waals surface area contributed by atoms with Crippen LogP contribution in [0.4, 0.5) is 5.69 Å². The number of nitro benzene ring substituents is 1. The summed E-state index contributed by atoms with van der Waals surface area (Å²) in [5.74, 6) is -1.19. The Balaban J connectivity index is 3.06. The Bertz CT molecular complexity index is 443. The van der Waals surface area contributed by atoms with Gasteiger partial charge in [0.2, 0.25) is 0 Å². The molecule has 0 aliphatic rings. The van der Waals surface area contributed by atoms with Gasteiger partial charge in [-0.15, -0.1) is 0 Å². The molecule has 0 aromatic heterocycles. The number of nitro groups is 1. The second-order valence-corrected chi connectivity index (χ2v) is 3.51. The van der Waals surface area contributed by atoms with Crippen molar-refractivity contribution in [2.24, 2.45) is 0 Å². The summed E-state index contributed by atoms with van der Waals surface area (Å²) in [7, 11) is 0. The average molecular weight is 239 g/mol. The lowest BCUT2D eigenvalue weighted by Gasteiger charge is -2.10. The van der Waals surface area contributed by atoms with E-state index in [1.54, 1.807) is 6.07 Å². The molecule has 0 fully saturated rings. The van der Waals surface area contributed by atoms with E-state index in [9.17, 15) is 14.9 Å². The Morgan fingerprint density at radius 2 is 2.24 bits per heavy atom. The minimum absolute atomic E-state index is 0.0258. The maximum atomic E-state index is 10.8. The number of hydrogen-bond acceptors (Lipinski definition) is 4. The molecular formula is C11H13NO5. The van der Waals surface area contributed by atoms with Crippen LogP contribution in [-0.4, -0.2) is 22.1 Å². The predicted molar refractivity (Wildman–Crippen MR) is 60.2 cm³/mol. The molecule has 0 saturated carbocycles. The van der Waals surface area contributed by atoms with Crippen molar-refractivity contribution in [2.75, 3.05) is 0 Å². The van der Waals surface area contributed by atoms with Gasteiger partial charge in [-0.25, -0.2) is 4.79 Å². The van der Waals surface area contributed by atoms with Crippen molar-refractivity contribution in [1.29, 1.82) is 0 Å². The maximum Gasteiger partial charge on any atom is 0.344 e. The number of benzene rings is 1. The molecule has 1 N–H and O–H groups in total. The number of nitrogens with zero attached hydrogens (tertiary/aromatic N) is 1. The van der Waals surface area contributed by atoms with Gasteiger partial charge in [-0.2, -0.15) is 0 Å². The normalized spacial score (nSPS) is 11.9. The first-order valence-electron chi connectivity index (χ1n) is 5.12. The first-order chi connectivity index (χ1) is 7.95. The summed E-state index contributed by atoms with van der Waals surface area (Å²) in [6.45, 7) is 3.19. The molecule has 6 heteroatoms. The van der Waals surface area contributed by atoms with Crippen molar-refractivity contribution in [3.63, 3.8) is 0 Å². The molecule has 1 aromatic rings. The predicted octanol–water partition coefficient (Wildman–Crippen LogP) is 2.01. The number of carbonyl (C=O) groups is 1. The summed E-state index contributed by atoms with van der Waals surface area (Å²) in [6, 6.07) is 4.50. The van der Waals surface area contributed by atoms with Gasteiger partial charge in [0.1, 0.15) is 0 Å². The molecule has 0 aliphatic heterocycles. The number of carboxylic acid groups (broad SMARTS) is 1. The number of rotatable bonds is 5. The van der Waals surface area contributed by atoms with Gasteiger partial charge in [0.05, 0.1) is 4.92 Å². The minimum atomic E-state index is -1.17. The third kappa shape index (κ3) is 3.17. The lowest BCUT2D eigenvalue weighted by atomic mass is 10.1. The van der Waals surface area contributed by atoms with Gasteiger partial charge in [0.15, 0.2) is 11.9 Å². The summed E-state index contributed by atoms with van der Waals surface area (Å²) in [6.07, 6.45) is -0.462. The molecule has 1 rings (SSSR count). The van der Waals surface area contributed by atoms with Crippen LogP contribution in [0.5, 0.6) is 5.75 Å². The van der Waals surface area contributed by atoms with E-state index in [1.165, 1.54) is 19.1 Å². The molecule has 1 atom stereocenters. The van der Waals surface area contributed by atoms with Crippen LogP contribution in [0.25, 0.3) is 0 Å².